The van der Waals surface area contributed by atoms with E-state index in [4.69, 9.17) is 5.11 Å². The van der Waals surface area contributed by atoms with E-state index in [0.29, 0.717) is 12.8 Å². The highest BCUT2D eigenvalue weighted by Gasteiger charge is 2.39. The molecule has 0 aromatic carbocycles. The van der Waals surface area contributed by atoms with Crippen LogP contribution in [0.1, 0.15) is 52.9 Å². The minimum absolute atomic E-state index is 0.201. The monoisotopic (exact) mass is 204 g/mol. The quantitative estimate of drug-likeness (QED) is 0.550. The molecule has 2 atom stereocenters. The van der Waals surface area contributed by atoms with Crippen LogP contribution in [-0.2, 0) is 0 Å². The van der Waals surface area contributed by atoms with Crippen molar-refractivity contribution < 1.29 is 15.3 Å². The van der Waals surface area contributed by atoms with Crippen LogP contribution in [0.4, 0.5) is 0 Å². The van der Waals surface area contributed by atoms with Gasteiger partial charge in [0.2, 0.25) is 0 Å². The molecule has 0 aromatic rings. The minimum Gasteiger partial charge on any atom is -0.396 e. The van der Waals surface area contributed by atoms with E-state index in [1.165, 1.54) is 0 Å². The van der Waals surface area contributed by atoms with Crippen molar-refractivity contribution >= 4 is 0 Å². The fourth-order valence-corrected chi connectivity index (χ4v) is 1.41. The Bertz CT molecular complexity index is 153. The zero-order valence-corrected chi connectivity index (χ0v) is 9.58. The van der Waals surface area contributed by atoms with Gasteiger partial charge in [0.05, 0.1) is 11.2 Å². The van der Waals surface area contributed by atoms with Gasteiger partial charge >= 0.3 is 0 Å². The molecule has 0 aromatic heterocycles. The largest absolute Gasteiger partial charge is 0.396 e. The number of hydrogen-bond acceptors (Lipinski definition) is 3. The molecule has 0 aliphatic carbocycles. The van der Waals surface area contributed by atoms with Gasteiger partial charge in [-0.05, 0) is 33.1 Å². The first kappa shape index (κ1) is 13.9. The first-order valence-electron chi connectivity index (χ1n) is 5.43. The molecule has 0 spiro atoms. The second-order valence-electron chi connectivity index (χ2n) is 4.44. The summed E-state index contributed by atoms with van der Waals surface area (Å²) in [7, 11) is 0. The third-order valence-electron chi connectivity index (χ3n) is 3.17. The van der Waals surface area contributed by atoms with E-state index in [9.17, 15) is 10.2 Å². The molecule has 0 fully saturated rings. The molecule has 0 amide bonds. The SMILES string of the molecule is CC[C@](C)(O)[C@](C)(O)CCCCCO. The second kappa shape index (κ2) is 5.69. The van der Waals surface area contributed by atoms with Crippen molar-refractivity contribution in [1.82, 2.24) is 0 Å². The summed E-state index contributed by atoms with van der Waals surface area (Å²) in [4.78, 5) is 0. The Labute approximate surface area is 86.8 Å². The summed E-state index contributed by atoms with van der Waals surface area (Å²) in [6, 6.07) is 0. The summed E-state index contributed by atoms with van der Waals surface area (Å²) in [6.07, 6.45) is 3.62. The van der Waals surface area contributed by atoms with Crippen LogP contribution in [0.15, 0.2) is 0 Å². The van der Waals surface area contributed by atoms with Crippen molar-refractivity contribution in [3.63, 3.8) is 0 Å². The highest BCUT2D eigenvalue weighted by Crippen LogP contribution is 2.29. The fourth-order valence-electron chi connectivity index (χ4n) is 1.41. The smallest absolute Gasteiger partial charge is 0.0902 e. The molecule has 0 rings (SSSR count). The zero-order valence-electron chi connectivity index (χ0n) is 9.58. The highest BCUT2D eigenvalue weighted by molar-refractivity contribution is 4.91. The Morgan fingerprint density at radius 1 is 0.929 bits per heavy atom. The molecule has 0 heterocycles. The van der Waals surface area contributed by atoms with Gasteiger partial charge in [-0.25, -0.2) is 0 Å². The van der Waals surface area contributed by atoms with Gasteiger partial charge in [-0.15, -0.1) is 0 Å². The Balaban J connectivity index is 3.94. The molecule has 86 valence electrons. The number of hydrogen-bond donors (Lipinski definition) is 3. The van der Waals surface area contributed by atoms with Gasteiger partial charge in [0.1, 0.15) is 0 Å². The Morgan fingerprint density at radius 3 is 1.93 bits per heavy atom. The van der Waals surface area contributed by atoms with Crippen molar-refractivity contribution in [3.8, 4) is 0 Å². The molecule has 0 unspecified atom stereocenters. The van der Waals surface area contributed by atoms with Crippen LogP contribution in [0.5, 0.6) is 0 Å². The molecule has 0 saturated heterocycles. The number of aliphatic hydroxyl groups is 3. The highest BCUT2D eigenvalue weighted by atomic mass is 16.4. The van der Waals surface area contributed by atoms with Crippen LogP contribution in [0.25, 0.3) is 0 Å². The van der Waals surface area contributed by atoms with Gasteiger partial charge in [0, 0.05) is 6.61 Å². The lowest BCUT2D eigenvalue weighted by molar-refractivity contribution is -0.137. The Hall–Kier alpha value is -0.120. The summed E-state index contributed by atoms with van der Waals surface area (Å²) < 4.78 is 0. The lowest BCUT2D eigenvalue weighted by Gasteiger charge is -2.38. The maximum absolute atomic E-state index is 10.0. The summed E-state index contributed by atoms with van der Waals surface area (Å²) in [5.41, 5.74) is -2.05. The predicted octanol–water partition coefficient (Wildman–Crippen LogP) is 1.45. The third kappa shape index (κ3) is 3.95. The second-order valence-corrected chi connectivity index (χ2v) is 4.44. The van der Waals surface area contributed by atoms with Crippen LogP contribution in [0.3, 0.4) is 0 Å². The van der Waals surface area contributed by atoms with Gasteiger partial charge < -0.3 is 15.3 Å². The van der Waals surface area contributed by atoms with E-state index < -0.39 is 11.2 Å². The van der Waals surface area contributed by atoms with Crippen LogP contribution in [-0.4, -0.2) is 33.1 Å². The third-order valence-corrected chi connectivity index (χ3v) is 3.17. The molecule has 0 aliphatic heterocycles. The molecule has 14 heavy (non-hydrogen) atoms. The summed E-state index contributed by atoms with van der Waals surface area (Å²) in [5, 5.41) is 28.5. The van der Waals surface area contributed by atoms with Crippen molar-refractivity contribution in [1.29, 1.82) is 0 Å². The molecule has 3 heteroatoms. The molecule has 0 aliphatic rings. The maximum atomic E-state index is 10.0. The Morgan fingerprint density at radius 2 is 1.50 bits per heavy atom. The van der Waals surface area contributed by atoms with E-state index in [0.717, 1.165) is 19.3 Å². The van der Waals surface area contributed by atoms with Gasteiger partial charge in [0.25, 0.3) is 0 Å². The summed E-state index contributed by atoms with van der Waals surface area (Å²) >= 11 is 0. The minimum atomic E-state index is -1.03. The molecular formula is C11H24O3. The van der Waals surface area contributed by atoms with E-state index in [2.05, 4.69) is 0 Å². The van der Waals surface area contributed by atoms with Crippen molar-refractivity contribution in [2.45, 2.75) is 64.1 Å². The van der Waals surface area contributed by atoms with E-state index in [1.807, 2.05) is 6.92 Å². The van der Waals surface area contributed by atoms with Crippen molar-refractivity contribution in [3.05, 3.63) is 0 Å². The molecule has 0 bridgehead atoms. The van der Waals surface area contributed by atoms with Crippen LogP contribution < -0.4 is 0 Å². The van der Waals surface area contributed by atoms with E-state index in [1.54, 1.807) is 13.8 Å². The van der Waals surface area contributed by atoms with Gasteiger partial charge in [-0.1, -0.05) is 19.8 Å². The Kier molecular flexibility index (Phi) is 5.64. The average Bonchev–Trinajstić information content (AvgIpc) is 2.12. The lowest BCUT2D eigenvalue weighted by Crippen LogP contribution is -2.49. The first-order chi connectivity index (χ1) is 6.37. The van der Waals surface area contributed by atoms with Gasteiger partial charge in [0.15, 0.2) is 0 Å². The standard InChI is InChI=1S/C11H24O3/c1-4-10(2,13)11(3,14)8-6-5-7-9-12/h12-14H,4-9H2,1-3H3/t10-,11+/m0/s1. The van der Waals surface area contributed by atoms with Crippen LogP contribution in [0.2, 0.25) is 0 Å². The molecule has 3 N–H and O–H groups in total. The molecule has 3 nitrogen and oxygen atoms in total. The average molecular weight is 204 g/mol. The van der Waals surface area contributed by atoms with E-state index >= 15 is 0 Å². The maximum Gasteiger partial charge on any atom is 0.0902 e. The number of aliphatic hydroxyl groups excluding tert-OH is 1. The van der Waals surface area contributed by atoms with Crippen LogP contribution >= 0.6 is 0 Å². The van der Waals surface area contributed by atoms with Crippen LogP contribution in [0, 0.1) is 0 Å². The molecule has 0 saturated carbocycles. The summed E-state index contributed by atoms with van der Waals surface area (Å²) in [5.74, 6) is 0. The van der Waals surface area contributed by atoms with E-state index in [-0.39, 0.29) is 6.61 Å². The van der Waals surface area contributed by atoms with Gasteiger partial charge in [-0.3, -0.25) is 0 Å². The molecular weight excluding hydrogens is 180 g/mol. The molecule has 0 radical (unpaired) electrons. The van der Waals surface area contributed by atoms with Crippen molar-refractivity contribution in [2.24, 2.45) is 0 Å². The topological polar surface area (TPSA) is 60.7 Å². The predicted molar refractivity (Wildman–Crippen MR) is 57.1 cm³/mol. The fraction of sp³-hybridized carbons (Fsp3) is 1.00. The number of rotatable bonds is 7. The van der Waals surface area contributed by atoms with Gasteiger partial charge in [-0.2, -0.15) is 0 Å². The summed E-state index contributed by atoms with van der Waals surface area (Å²) in [6.45, 7) is 5.41. The zero-order chi connectivity index (χ0) is 11.2. The van der Waals surface area contributed by atoms with Crippen molar-refractivity contribution in [2.75, 3.05) is 6.61 Å². The normalized spacial score (nSPS) is 20.1. The number of unbranched alkanes of at least 4 members (excludes halogenated alkanes) is 2. The lowest BCUT2D eigenvalue weighted by atomic mass is 9.80. The first-order valence-corrected chi connectivity index (χ1v) is 5.43.